The second-order valence-corrected chi connectivity index (χ2v) is 7.15. The van der Waals surface area contributed by atoms with Crippen molar-refractivity contribution in [3.05, 3.63) is 29.3 Å². The molecule has 1 N–H and O–H groups in total. The summed E-state index contributed by atoms with van der Waals surface area (Å²) in [6, 6.07) is 6.47. The molecular weight excluding hydrogens is 282 g/mol. The van der Waals surface area contributed by atoms with Crippen molar-refractivity contribution in [3.63, 3.8) is 0 Å². The number of rotatable bonds is 5. The third-order valence-corrected chi connectivity index (χ3v) is 5.59. The summed E-state index contributed by atoms with van der Waals surface area (Å²) in [5, 5.41) is 3.63. The van der Waals surface area contributed by atoms with Gasteiger partial charge in [0.1, 0.15) is 11.9 Å². The average Bonchev–Trinajstić information content (AvgIpc) is 2.90. The summed E-state index contributed by atoms with van der Waals surface area (Å²) in [6.45, 7) is 4.09. The number of fused-ring (bicyclic) bond motifs is 1. The summed E-state index contributed by atoms with van der Waals surface area (Å²) in [5.74, 6) is 1.85. The summed E-state index contributed by atoms with van der Waals surface area (Å²) in [5.41, 5.74) is 2.99. The molecule has 2 aliphatic rings. The molecule has 1 aromatic carbocycles. The van der Waals surface area contributed by atoms with Gasteiger partial charge in [0.15, 0.2) is 0 Å². The van der Waals surface area contributed by atoms with E-state index in [0.717, 1.165) is 31.1 Å². The lowest BCUT2D eigenvalue weighted by atomic mass is 9.75. The molecule has 1 atom stereocenters. The number of hydrogen-bond acceptors (Lipinski definition) is 2. The van der Waals surface area contributed by atoms with Gasteiger partial charge in [-0.2, -0.15) is 0 Å². The van der Waals surface area contributed by atoms with Crippen LogP contribution in [0.3, 0.4) is 0 Å². The number of ether oxygens (including phenoxy) is 1. The van der Waals surface area contributed by atoms with Gasteiger partial charge in [-0.05, 0) is 36.8 Å². The van der Waals surface area contributed by atoms with Crippen molar-refractivity contribution >= 4 is 11.6 Å². The molecule has 1 fully saturated rings. The summed E-state index contributed by atoms with van der Waals surface area (Å²) >= 11 is 6.25. The van der Waals surface area contributed by atoms with Gasteiger partial charge in [0.2, 0.25) is 0 Å². The van der Waals surface area contributed by atoms with E-state index in [2.05, 4.69) is 30.4 Å². The number of halogens is 1. The van der Waals surface area contributed by atoms with Crippen LogP contribution in [0.25, 0.3) is 0 Å². The zero-order chi connectivity index (χ0) is 14.7. The van der Waals surface area contributed by atoms with Crippen molar-refractivity contribution in [1.82, 2.24) is 5.32 Å². The predicted molar refractivity (Wildman–Crippen MR) is 88.4 cm³/mol. The Morgan fingerprint density at radius 2 is 2.10 bits per heavy atom. The van der Waals surface area contributed by atoms with E-state index >= 15 is 0 Å². The molecule has 3 heteroatoms. The minimum absolute atomic E-state index is 0.276. The number of benzene rings is 1. The quantitative estimate of drug-likeness (QED) is 0.828. The van der Waals surface area contributed by atoms with Crippen molar-refractivity contribution in [2.24, 2.45) is 5.41 Å². The summed E-state index contributed by atoms with van der Waals surface area (Å²) in [7, 11) is 0. The largest absolute Gasteiger partial charge is 0.488 e. The Morgan fingerprint density at radius 1 is 1.29 bits per heavy atom. The summed E-state index contributed by atoms with van der Waals surface area (Å²) in [4.78, 5) is 0. The second kappa shape index (κ2) is 6.58. The fraction of sp³-hybridized carbons (Fsp3) is 0.667. The normalized spacial score (nSPS) is 23.6. The predicted octanol–water partition coefficient (Wildman–Crippen LogP) is 4.08. The Morgan fingerprint density at radius 3 is 2.86 bits per heavy atom. The van der Waals surface area contributed by atoms with Gasteiger partial charge in [0.05, 0.1) is 0 Å². The Hall–Kier alpha value is -0.730. The Kier molecular flexibility index (Phi) is 4.75. The number of aryl methyl sites for hydroxylation is 1. The maximum atomic E-state index is 6.25. The second-order valence-electron chi connectivity index (χ2n) is 6.88. The lowest BCUT2D eigenvalue weighted by Crippen LogP contribution is -2.41. The van der Waals surface area contributed by atoms with Gasteiger partial charge < -0.3 is 10.1 Å². The molecular formula is C18H26ClNO. The van der Waals surface area contributed by atoms with Crippen LogP contribution in [0.4, 0.5) is 0 Å². The standard InChI is InChI=1S/C18H26ClNO/c1-14-5-6-17-15(9-14)10-16(21-17)11-20-13-18(12-19)7-3-2-4-8-18/h5-6,9,16,20H,2-4,7-8,10-13H2,1H3. The number of hydrogen-bond donors (Lipinski definition) is 1. The van der Waals surface area contributed by atoms with Crippen molar-refractivity contribution in [2.75, 3.05) is 19.0 Å². The number of alkyl halides is 1. The van der Waals surface area contributed by atoms with Crippen molar-refractivity contribution in [2.45, 2.75) is 51.6 Å². The van der Waals surface area contributed by atoms with E-state index in [1.807, 2.05) is 0 Å². The molecule has 116 valence electrons. The minimum Gasteiger partial charge on any atom is -0.488 e. The van der Waals surface area contributed by atoms with Crippen molar-refractivity contribution in [1.29, 1.82) is 0 Å². The monoisotopic (exact) mass is 307 g/mol. The molecule has 1 aliphatic heterocycles. The first-order valence-corrected chi connectivity index (χ1v) is 8.77. The molecule has 1 unspecified atom stereocenters. The molecule has 2 nitrogen and oxygen atoms in total. The molecule has 0 radical (unpaired) electrons. The van der Waals surface area contributed by atoms with Crippen LogP contribution in [-0.4, -0.2) is 25.1 Å². The van der Waals surface area contributed by atoms with Crippen molar-refractivity contribution < 1.29 is 4.74 Å². The first-order chi connectivity index (χ1) is 10.2. The van der Waals surface area contributed by atoms with Crippen LogP contribution < -0.4 is 10.1 Å². The Labute approximate surface area is 133 Å². The fourth-order valence-electron chi connectivity index (χ4n) is 3.72. The third-order valence-electron chi connectivity index (χ3n) is 5.03. The highest BCUT2D eigenvalue weighted by atomic mass is 35.5. The van der Waals surface area contributed by atoms with Crippen LogP contribution in [0, 0.1) is 12.3 Å². The molecule has 0 spiro atoms. The number of nitrogens with one attached hydrogen (secondary N) is 1. The molecule has 1 saturated carbocycles. The molecule has 1 aliphatic carbocycles. The van der Waals surface area contributed by atoms with Crippen LogP contribution in [0.2, 0.25) is 0 Å². The summed E-state index contributed by atoms with van der Waals surface area (Å²) in [6.07, 6.45) is 7.88. The van der Waals surface area contributed by atoms with E-state index in [0.29, 0.717) is 5.41 Å². The molecule has 0 bridgehead atoms. The van der Waals surface area contributed by atoms with Crippen LogP contribution >= 0.6 is 11.6 Å². The topological polar surface area (TPSA) is 21.3 Å². The lowest BCUT2D eigenvalue weighted by Gasteiger charge is -2.36. The fourth-order valence-corrected chi connectivity index (χ4v) is 4.08. The Balaban J connectivity index is 1.48. The molecule has 3 rings (SSSR count). The van der Waals surface area contributed by atoms with E-state index < -0.39 is 0 Å². The van der Waals surface area contributed by atoms with Gasteiger partial charge in [-0.15, -0.1) is 11.6 Å². The SMILES string of the molecule is Cc1ccc2c(c1)CC(CNCC1(CCl)CCCCC1)O2. The molecule has 1 heterocycles. The smallest absolute Gasteiger partial charge is 0.123 e. The van der Waals surface area contributed by atoms with Gasteiger partial charge in [-0.3, -0.25) is 0 Å². The van der Waals surface area contributed by atoms with Gasteiger partial charge in [0.25, 0.3) is 0 Å². The van der Waals surface area contributed by atoms with Crippen LogP contribution in [-0.2, 0) is 6.42 Å². The van der Waals surface area contributed by atoms with E-state index in [4.69, 9.17) is 16.3 Å². The zero-order valence-corrected chi connectivity index (χ0v) is 13.7. The molecule has 21 heavy (non-hydrogen) atoms. The Bertz CT molecular complexity index is 482. The maximum Gasteiger partial charge on any atom is 0.123 e. The molecule has 0 amide bonds. The first kappa shape index (κ1) is 15.2. The highest BCUT2D eigenvalue weighted by Crippen LogP contribution is 2.37. The van der Waals surface area contributed by atoms with Crippen molar-refractivity contribution in [3.8, 4) is 5.75 Å². The van der Waals surface area contributed by atoms with Gasteiger partial charge in [0, 0.05) is 25.4 Å². The highest BCUT2D eigenvalue weighted by molar-refractivity contribution is 6.18. The van der Waals surface area contributed by atoms with Crippen LogP contribution in [0.15, 0.2) is 18.2 Å². The highest BCUT2D eigenvalue weighted by Gasteiger charge is 2.31. The first-order valence-electron chi connectivity index (χ1n) is 8.24. The van der Waals surface area contributed by atoms with E-state index in [1.54, 1.807) is 0 Å². The maximum absolute atomic E-state index is 6.25. The van der Waals surface area contributed by atoms with Gasteiger partial charge in [-0.25, -0.2) is 0 Å². The van der Waals surface area contributed by atoms with Crippen LogP contribution in [0.1, 0.15) is 43.2 Å². The zero-order valence-electron chi connectivity index (χ0n) is 13.0. The average molecular weight is 308 g/mol. The molecule has 1 aromatic rings. The molecule has 0 aromatic heterocycles. The molecule has 0 saturated heterocycles. The van der Waals surface area contributed by atoms with E-state index in [1.165, 1.54) is 43.2 Å². The lowest BCUT2D eigenvalue weighted by molar-refractivity contribution is 0.186. The van der Waals surface area contributed by atoms with Gasteiger partial charge in [-0.1, -0.05) is 37.0 Å². The van der Waals surface area contributed by atoms with Gasteiger partial charge >= 0.3 is 0 Å². The summed E-state index contributed by atoms with van der Waals surface area (Å²) < 4.78 is 6.02. The van der Waals surface area contributed by atoms with E-state index in [9.17, 15) is 0 Å². The van der Waals surface area contributed by atoms with E-state index in [-0.39, 0.29) is 6.10 Å². The minimum atomic E-state index is 0.276. The van der Waals surface area contributed by atoms with Crippen LogP contribution in [0.5, 0.6) is 5.75 Å². The third kappa shape index (κ3) is 3.54.